The third-order valence-electron chi connectivity index (χ3n) is 4.46. The Morgan fingerprint density at radius 2 is 2.05 bits per heavy atom. The molecule has 21 heavy (non-hydrogen) atoms. The van der Waals surface area contributed by atoms with Crippen LogP contribution in [0.2, 0.25) is 0 Å². The minimum atomic E-state index is -3.04. The summed E-state index contributed by atoms with van der Waals surface area (Å²) in [6, 6.07) is 1.67. The van der Waals surface area contributed by atoms with Crippen molar-refractivity contribution in [3.8, 4) is 0 Å². The van der Waals surface area contributed by atoms with Gasteiger partial charge in [-0.3, -0.25) is 9.69 Å². The van der Waals surface area contributed by atoms with E-state index in [2.05, 4.69) is 11.8 Å². The quantitative estimate of drug-likeness (QED) is 0.808. The fraction of sp³-hybridized carbons (Fsp3) is 0.643. The Bertz CT molecular complexity index is 653. The summed E-state index contributed by atoms with van der Waals surface area (Å²) in [5, 5.41) is 1.89. The standard InChI is InChI=1S/C14H20N2O3S2/c1-3-11-6-10(7-20-11)14(17)16-5-4-15(2)12-8-21(18,19)9-13(12)16/h6-7,12-13H,3-5,8-9H2,1-2H3/t12-,13+/m0/s1. The molecule has 3 rings (SSSR count). The van der Waals surface area contributed by atoms with Crippen molar-refractivity contribution in [1.29, 1.82) is 0 Å². The molecule has 7 heteroatoms. The van der Waals surface area contributed by atoms with Gasteiger partial charge in [-0.15, -0.1) is 11.3 Å². The molecule has 0 bridgehead atoms. The van der Waals surface area contributed by atoms with Crippen molar-refractivity contribution >= 4 is 27.1 Å². The highest BCUT2D eigenvalue weighted by Gasteiger charge is 2.47. The van der Waals surface area contributed by atoms with Crippen LogP contribution in [0.4, 0.5) is 0 Å². The van der Waals surface area contributed by atoms with Crippen LogP contribution in [-0.4, -0.2) is 67.9 Å². The van der Waals surface area contributed by atoms with Gasteiger partial charge in [0.1, 0.15) is 0 Å². The summed E-state index contributed by atoms with van der Waals surface area (Å²) in [6.45, 7) is 3.39. The van der Waals surface area contributed by atoms with E-state index in [1.165, 1.54) is 4.88 Å². The van der Waals surface area contributed by atoms with Gasteiger partial charge in [-0.1, -0.05) is 6.92 Å². The summed E-state index contributed by atoms with van der Waals surface area (Å²) in [6.07, 6.45) is 0.918. The van der Waals surface area contributed by atoms with E-state index in [0.717, 1.165) is 13.0 Å². The van der Waals surface area contributed by atoms with Crippen LogP contribution in [0, 0.1) is 0 Å². The molecule has 0 radical (unpaired) electrons. The lowest BCUT2D eigenvalue weighted by Gasteiger charge is -2.42. The maximum atomic E-state index is 12.7. The van der Waals surface area contributed by atoms with E-state index in [-0.39, 0.29) is 29.5 Å². The number of rotatable bonds is 2. The molecule has 2 aliphatic rings. The lowest BCUT2D eigenvalue weighted by atomic mass is 10.0. The van der Waals surface area contributed by atoms with Crippen LogP contribution in [0.5, 0.6) is 0 Å². The largest absolute Gasteiger partial charge is 0.332 e. The third-order valence-corrected chi connectivity index (χ3v) is 7.24. The van der Waals surface area contributed by atoms with E-state index in [1.54, 1.807) is 16.2 Å². The number of sulfone groups is 1. The van der Waals surface area contributed by atoms with Crippen LogP contribution in [0.25, 0.3) is 0 Å². The van der Waals surface area contributed by atoms with Crippen LogP contribution >= 0.6 is 11.3 Å². The zero-order valence-corrected chi connectivity index (χ0v) is 13.9. The van der Waals surface area contributed by atoms with E-state index >= 15 is 0 Å². The first-order chi connectivity index (χ1) is 9.91. The molecule has 5 nitrogen and oxygen atoms in total. The number of thiophene rings is 1. The Labute approximate surface area is 129 Å². The molecule has 1 amide bonds. The molecule has 0 N–H and O–H groups in total. The Balaban J connectivity index is 1.86. The first kappa shape index (κ1) is 15.0. The van der Waals surface area contributed by atoms with E-state index in [1.807, 2.05) is 18.5 Å². The van der Waals surface area contributed by atoms with Crippen LogP contribution in [0.15, 0.2) is 11.4 Å². The maximum Gasteiger partial charge on any atom is 0.255 e. The van der Waals surface area contributed by atoms with Gasteiger partial charge < -0.3 is 4.90 Å². The zero-order chi connectivity index (χ0) is 15.2. The van der Waals surface area contributed by atoms with Crippen LogP contribution in [0.3, 0.4) is 0 Å². The lowest BCUT2D eigenvalue weighted by Crippen LogP contribution is -2.59. The molecule has 0 unspecified atom stereocenters. The predicted octanol–water partition coefficient (Wildman–Crippen LogP) is 0.864. The monoisotopic (exact) mass is 328 g/mol. The molecular weight excluding hydrogens is 308 g/mol. The second-order valence-corrected chi connectivity index (χ2v) is 9.00. The van der Waals surface area contributed by atoms with Crippen LogP contribution in [0.1, 0.15) is 22.2 Å². The second kappa shape index (κ2) is 5.37. The molecule has 116 valence electrons. The second-order valence-electron chi connectivity index (χ2n) is 5.85. The molecule has 1 aromatic heterocycles. The molecule has 0 saturated carbocycles. The number of hydrogen-bond donors (Lipinski definition) is 0. The number of likely N-dealkylation sites (N-methyl/N-ethyl adjacent to an activating group) is 1. The average molecular weight is 328 g/mol. The Morgan fingerprint density at radius 1 is 1.33 bits per heavy atom. The van der Waals surface area contributed by atoms with Crippen LogP contribution in [-0.2, 0) is 16.3 Å². The SMILES string of the molecule is CCc1cc(C(=O)N2CCN(C)[C@H]3CS(=O)(=O)C[C@H]32)cs1. The fourth-order valence-electron chi connectivity index (χ4n) is 3.22. The van der Waals surface area contributed by atoms with E-state index in [4.69, 9.17) is 0 Å². The highest BCUT2D eigenvalue weighted by atomic mass is 32.2. The minimum Gasteiger partial charge on any atom is -0.332 e. The summed E-state index contributed by atoms with van der Waals surface area (Å²) in [7, 11) is -1.10. The summed E-state index contributed by atoms with van der Waals surface area (Å²) in [4.78, 5) is 17.7. The van der Waals surface area contributed by atoms with Gasteiger partial charge in [0.25, 0.3) is 5.91 Å². The molecule has 2 fully saturated rings. The molecule has 0 aromatic carbocycles. The number of piperazine rings is 1. The predicted molar refractivity (Wildman–Crippen MR) is 83.6 cm³/mol. The number of fused-ring (bicyclic) bond motifs is 1. The number of nitrogens with zero attached hydrogens (tertiary/aromatic N) is 2. The Kier molecular flexibility index (Phi) is 3.83. The number of hydrogen-bond acceptors (Lipinski definition) is 5. The number of carbonyl (C=O) groups excluding carboxylic acids is 1. The molecule has 2 aliphatic heterocycles. The van der Waals surface area contributed by atoms with Gasteiger partial charge in [0.2, 0.25) is 0 Å². The first-order valence-corrected chi connectivity index (χ1v) is 9.90. The summed E-state index contributed by atoms with van der Waals surface area (Å²) < 4.78 is 23.9. The maximum absolute atomic E-state index is 12.7. The molecule has 2 atom stereocenters. The first-order valence-electron chi connectivity index (χ1n) is 7.20. The number of amides is 1. The van der Waals surface area contributed by atoms with Crippen molar-refractivity contribution in [3.63, 3.8) is 0 Å². The Hall–Kier alpha value is -0.920. The third kappa shape index (κ3) is 2.74. The van der Waals surface area contributed by atoms with Crippen molar-refractivity contribution in [2.45, 2.75) is 25.4 Å². The summed E-state index contributed by atoms with van der Waals surface area (Å²) in [5.74, 6) is 0.242. The van der Waals surface area contributed by atoms with Gasteiger partial charge in [-0.05, 0) is 19.5 Å². The Morgan fingerprint density at radius 3 is 2.71 bits per heavy atom. The smallest absolute Gasteiger partial charge is 0.255 e. The molecule has 0 spiro atoms. The molecule has 2 saturated heterocycles. The fourth-order valence-corrected chi connectivity index (χ4v) is 6.09. The molecular formula is C14H20N2O3S2. The topological polar surface area (TPSA) is 57.7 Å². The van der Waals surface area contributed by atoms with Crippen molar-refractivity contribution in [2.75, 3.05) is 31.6 Å². The highest BCUT2D eigenvalue weighted by molar-refractivity contribution is 7.91. The number of carbonyl (C=O) groups is 1. The van der Waals surface area contributed by atoms with Gasteiger partial charge in [0, 0.05) is 29.4 Å². The van der Waals surface area contributed by atoms with Gasteiger partial charge in [-0.2, -0.15) is 0 Å². The van der Waals surface area contributed by atoms with Crippen molar-refractivity contribution < 1.29 is 13.2 Å². The van der Waals surface area contributed by atoms with E-state index in [0.29, 0.717) is 12.1 Å². The van der Waals surface area contributed by atoms with Gasteiger partial charge >= 0.3 is 0 Å². The summed E-state index contributed by atoms with van der Waals surface area (Å²) in [5.41, 5.74) is 0.699. The van der Waals surface area contributed by atoms with Gasteiger partial charge in [0.05, 0.1) is 23.1 Å². The normalized spacial score (nSPS) is 28.6. The van der Waals surface area contributed by atoms with Gasteiger partial charge in [0.15, 0.2) is 9.84 Å². The minimum absolute atomic E-state index is 0.0221. The average Bonchev–Trinajstić information content (AvgIpc) is 3.02. The molecule has 1 aromatic rings. The lowest BCUT2D eigenvalue weighted by molar-refractivity contribution is 0.0410. The zero-order valence-electron chi connectivity index (χ0n) is 12.3. The molecule has 3 heterocycles. The highest BCUT2D eigenvalue weighted by Crippen LogP contribution is 2.28. The van der Waals surface area contributed by atoms with Crippen molar-refractivity contribution in [2.24, 2.45) is 0 Å². The van der Waals surface area contributed by atoms with Crippen molar-refractivity contribution in [1.82, 2.24) is 9.80 Å². The van der Waals surface area contributed by atoms with E-state index in [9.17, 15) is 13.2 Å². The van der Waals surface area contributed by atoms with Crippen LogP contribution < -0.4 is 0 Å². The van der Waals surface area contributed by atoms with E-state index < -0.39 is 9.84 Å². The molecule has 0 aliphatic carbocycles. The number of aryl methyl sites for hydroxylation is 1. The van der Waals surface area contributed by atoms with Crippen molar-refractivity contribution in [3.05, 3.63) is 21.9 Å². The summed E-state index contributed by atoms with van der Waals surface area (Å²) >= 11 is 1.59. The van der Waals surface area contributed by atoms with Gasteiger partial charge in [-0.25, -0.2) is 8.42 Å².